The van der Waals surface area contributed by atoms with Crippen LogP contribution in [-0.4, -0.2) is 5.91 Å². The number of carbonyl (C=O) groups excluding carboxylic acids is 1. The summed E-state index contributed by atoms with van der Waals surface area (Å²) in [6.07, 6.45) is 7.68. The highest BCUT2D eigenvalue weighted by atomic mass is 32.1. The minimum absolute atomic E-state index is 0.0000850. The number of hydrogen-bond donors (Lipinski definition) is 1. The molecular formula is C17H23NOS. The highest BCUT2D eigenvalue weighted by Crippen LogP contribution is 2.60. The van der Waals surface area contributed by atoms with Gasteiger partial charge in [0.2, 0.25) is 5.91 Å². The van der Waals surface area contributed by atoms with E-state index in [0.29, 0.717) is 5.91 Å². The molecule has 0 saturated heterocycles. The van der Waals surface area contributed by atoms with Crippen molar-refractivity contribution in [3.8, 4) is 0 Å². The number of thiophene rings is 1. The molecule has 20 heavy (non-hydrogen) atoms. The molecule has 108 valence electrons. The van der Waals surface area contributed by atoms with E-state index in [-0.39, 0.29) is 5.41 Å². The number of rotatable bonds is 3. The predicted octanol–water partition coefficient (Wildman–Crippen LogP) is 3.89. The Morgan fingerprint density at radius 3 is 2.35 bits per heavy atom. The molecule has 0 aliphatic heterocycles. The molecule has 1 aromatic heterocycles. The number of aryl methyl sites for hydroxylation is 1. The third-order valence-corrected chi connectivity index (χ3v) is 6.92. The molecule has 3 heteroatoms. The van der Waals surface area contributed by atoms with Crippen molar-refractivity contribution in [1.82, 2.24) is 5.32 Å². The Kier molecular flexibility index (Phi) is 2.95. The zero-order chi connectivity index (χ0) is 13.7. The SMILES string of the molecule is Cc1ccsc1CNC(=O)C12CC3CC(CC(C3)C1)C2. The van der Waals surface area contributed by atoms with E-state index < -0.39 is 0 Å². The van der Waals surface area contributed by atoms with E-state index in [1.807, 2.05) is 0 Å². The van der Waals surface area contributed by atoms with Gasteiger partial charge in [-0.2, -0.15) is 0 Å². The highest BCUT2D eigenvalue weighted by molar-refractivity contribution is 7.10. The van der Waals surface area contributed by atoms with Crippen LogP contribution in [0.5, 0.6) is 0 Å². The van der Waals surface area contributed by atoms with E-state index >= 15 is 0 Å². The Bertz CT molecular complexity index is 498. The first-order chi connectivity index (χ1) is 9.64. The fraction of sp³-hybridized carbons (Fsp3) is 0.706. The molecule has 1 amide bonds. The van der Waals surface area contributed by atoms with Crippen molar-refractivity contribution in [2.75, 3.05) is 0 Å². The molecule has 0 unspecified atom stereocenters. The average molecular weight is 289 g/mol. The Morgan fingerprint density at radius 1 is 1.25 bits per heavy atom. The molecule has 4 aliphatic carbocycles. The van der Waals surface area contributed by atoms with Crippen LogP contribution in [-0.2, 0) is 11.3 Å². The second-order valence-electron chi connectivity index (χ2n) is 7.41. The Labute approximate surface area is 125 Å². The van der Waals surface area contributed by atoms with Gasteiger partial charge in [0.1, 0.15) is 0 Å². The lowest BCUT2D eigenvalue weighted by Gasteiger charge is -2.55. The summed E-state index contributed by atoms with van der Waals surface area (Å²) in [5, 5.41) is 5.37. The fourth-order valence-corrected chi connectivity index (χ4v) is 6.17. The van der Waals surface area contributed by atoms with Gasteiger partial charge in [-0.25, -0.2) is 0 Å². The Balaban J connectivity index is 1.47. The van der Waals surface area contributed by atoms with Gasteiger partial charge in [0.15, 0.2) is 0 Å². The van der Waals surface area contributed by atoms with Gasteiger partial charge >= 0.3 is 0 Å². The van der Waals surface area contributed by atoms with Crippen LogP contribution in [0.25, 0.3) is 0 Å². The molecule has 2 nitrogen and oxygen atoms in total. The molecule has 1 N–H and O–H groups in total. The van der Waals surface area contributed by atoms with Crippen molar-refractivity contribution in [3.05, 3.63) is 21.9 Å². The van der Waals surface area contributed by atoms with Gasteiger partial charge in [-0.05, 0) is 80.2 Å². The first kappa shape index (κ1) is 12.9. The molecule has 4 bridgehead atoms. The standard InChI is InChI=1S/C17H23NOS/c1-11-2-3-20-15(11)10-18-16(19)17-7-12-4-13(8-17)6-14(5-12)9-17/h2-3,12-14H,4-10H2,1H3,(H,18,19). The fourth-order valence-electron chi connectivity index (χ4n) is 5.32. The molecule has 1 heterocycles. The van der Waals surface area contributed by atoms with Crippen molar-refractivity contribution < 1.29 is 4.79 Å². The monoisotopic (exact) mass is 289 g/mol. The summed E-state index contributed by atoms with van der Waals surface area (Å²) in [5.41, 5.74) is 1.31. The van der Waals surface area contributed by atoms with E-state index in [0.717, 1.165) is 43.6 Å². The minimum atomic E-state index is -0.0000850. The second-order valence-corrected chi connectivity index (χ2v) is 8.41. The van der Waals surface area contributed by atoms with Crippen molar-refractivity contribution in [3.63, 3.8) is 0 Å². The number of carbonyl (C=O) groups is 1. The smallest absolute Gasteiger partial charge is 0.226 e. The van der Waals surface area contributed by atoms with Crippen LogP contribution >= 0.6 is 11.3 Å². The lowest BCUT2D eigenvalue weighted by molar-refractivity contribution is -0.146. The first-order valence-corrected chi connectivity index (χ1v) is 8.84. The molecule has 4 saturated carbocycles. The van der Waals surface area contributed by atoms with Crippen molar-refractivity contribution in [2.45, 2.75) is 52.0 Å². The van der Waals surface area contributed by atoms with Crippen molar-refractivity contribution >= 4 is 17.2 Å². The van der Waals surface area contributed by atoms with Crippen LogP contribution in [0.1, 0.15) is 49.0 Å². The van der Waals surface area contributed by atoms with Crippen LogP contribution < -0.4 is 5.32 Å². The summed E-state index contributed by atoms with van der Waals surface area (Å²) in [6.45, 7) is 2.85. The Morgan fingerprint density at radius 2 is 1.85 bits per heavy atom. The molecule has 4 aliphatic rings. The summed E-state index contributed by atoms with van der Waals surface area (Å²) >= 11 is 1.75. The molecule has 4 fully saturated rings. The maximum absolute atomic E-state index is 12.8. The number of nitrogens with one attached hydrogen (secondary N) is 1. The highest BCUT2D eigenvalue weighted by Gasteiger charge is 2.54. The quantitative estimate of drug-likeness (QED) is 0.898. The van der Waals surface area contributed by atoms with E-state index in [1.54, 1.807) is 11.3 Å². The topological polar surface area (TPSA) is 29.1 Å². The van der Waals surface area contributed by atoms with Crippen LogP contribution in [0.15, 0.2) is 11.4 Å². The zero-order valence-electron chi connectivity index (χ0n) is 12.2. The van der Waals surface area contributed by atoms with Gasteiger partial charge in [0, 0.05) is 10.3 Å². The van der Waals surface area contributed by atoms with E-state index in [1.165, 1.54) is 29.7 Å². The third kappa shape index (κ3) is 2.02. The summed E-state index contributed by atoms with van der Waals surface area (Å²) in [5.74, 6) is 2.88. The van der Waals surface area contributed by atoms with Gasteiger partial charge in [0.25, 0.3) is 0 Å². The largest absolute Gasteiger partial charge is 0.351 e. The van der Waals surface area contributed by atoms with E-state index in [4.69, 9.17) is 0 Å². The summed E-state index contributed by atoms with van der Waals surface area (Å²) in [6, 6.07) is 2.14. The molecule has 0 atom stereocenters. The molecule has 0 spiro atoms. The molecule has 0 aromatic carbocycles. The van der Waals surface area contributed by atoms with Gasteiger partial charge < -0.3 is 5.32 Å². The van der Waals surface area contributed by atoms with Gasteiger partial charge in [-0.15, -0.1) is 11.3 Å². The van der Waals surface area contributed by atoms with Gasteiger partial charge in [0.05, 0.1) is 6.54 Å². The third-order valence-electron chi connectivity index (χ3n) is 5.90. The van der Waals surface area contributed by atoms with Gasteiger partial charge in [-0.1, -0.05) is 0 Å². The minimum Gasteiger partial charge on any atom is -0.351 e. The van der Waals surface area contributed by atoms with Crippen LogP contribution in [0.3, 0.4) is 0 Å². The molecular weight excluding hydrogens is 266 g/mol. The summed E-state index contributed by atoms with van der Waals surface area (Å²) in [7, 11) is 0. The van der Waals surface area contributed by atoms with E-state index in [9.17, 15) is 4.79 Å². The Hall–Kier alpha value is -0.830. The lowest BCUT2D eigenvalue weighted by Crippen LogP contribution is -2.53. The average Bonchev–Trinajstić information content (AvgIpc) is 2.80. The maximum atomic E-state index is 12.8. The normalized spacial score (nSPS) is 38.1. The number of amides is 1. The second kappa shape index (κ2) is 4.59. The summed E-state index contributed by atoms with van der Waals surface area (Å²) < 4.78 is 0. The molecule has 1 aromatic rings. The summed E-state index contributed by atoms with van der Waals surface area (Å²) in [4.78, 5) is 14.1. The van der Waals surface area contributed by atoms with Crippen molar-refractivity contribution in [2.24, 2.45) is 23.2 Å². The van der Waals surface area contributed by atoms with Crippen molar-refractivity contribution in [1.29, 1.82) is 0 Å². The van der Waals surface area contributed by atoms with Crippen LogP contribution in [0.4, 0.5) is 0 Å². The van der Waals surface area contributed by atoms with Crippen LogP contribution in [0, 0.1) is 30.1 Å². The maximum Gasteiger partial charge on any atom is 0.226 e. The predicted molar refractivity (Wildman–Crippen MR) is 81.5 cm³/mol. The van der Waals surface area contributed by atoms with E-state index in [2.05, 4.69) is 23.7 Å². The number of hydrogen-bond acceptors (Lipinski definition) is 2. The van der Waals surface area contributed by atoms with Gasteiger partial charge in [-0.3, -0.25) is 4.79 Å². The zero-order valence-corrected chi connectivity index (χ0v) is 13.0. The molecule has 5 rings (SSSR count). The first-order valence-electron chi connectivity index (χ1n) is 7.96. The molecule has 0 radical (unpaired) electrons. The lowest BCUT2D eigenvalue weighted by atomic mass is 9.49. The van der Waals surface area contributed by atoms with Crippen LogP contribution in [0.2, 0.25) is 0 Å².